The summed E-state index contributed by atoms with van der Waals surface area (Å²) in [5, 5.41) is 2.84. The Morgan fingerprint density at radius 3 is 2.58 bits per heavy atom. The van der Waals surface area contributed by atoms with Crippen molar-refractivity contribution < 1.29 is 14.3 Å². The number of rotatable bonds is 7. The standard InChI is InChI=1S/C18H21BrN2O3/c1-18(20,13-6-8-14(19)9-7-13)17(22)21-15-4-3-5-16(12-15)24-11-10-23-2/h3-9,12H,10-11,20H2,1-2H3,(H,21,22). The number of ether oxygens (including phenoxy) is 2. The minimum absolute atomic E-state index is 0.293. The molecule has 2 aromatic carbocycles. The maximum absolute atomic E-state index is 12.6. The molecule has 0 aliphatic rings. The molecule has 0 radical (unpaired) electrons. The molecule has 0 bridgehead atoms. The predicted octanol–water partition coefficient (Wildman–Crippen LogP) is 3.29. The van der Waals surface area contributed by atoms with Gasteiger partial charge in [0.15, 0.2) is 0 Å². The van der Waals surface area contributed by atoms with Crippen molar-refractivity contribution in [3.05, 3.63) is 58.6 Å². The summed E-state index contributed by atoms with van der Waals surface area (Å²) in [4.78, 5) is 12.6. The minimum Gasteiger partial charge on any atom is -0.491 e. The van der Waals surface area contributed by atoms with Crippen LogP contribution in [0.15, 0.2) is 53.0 Å². The van der Waals surface area contributed by atoms with Gasteiger partial charge in [-0.2, -0.15) is 0 Å². The first-order valence-electron chi connectivity index (χ1n) is 7.51. The van der Waals surface area contributed by atoms with Gasteiger partial charge in [0.1, 0.15) is 17.9 Å². The fraction of sp³-hybridized carbons (Fsp3) is 0.278. The molecule has 3 N–H and O–H groups in total. The first-order valence-corrected chi connectivity index (χ1v) is 8.31. The average Bonchev–Trinajstić information content (AvgIpc) is 2.56. The van der Waals surface area contributed by atoms with Crippen molar-refractivity contribution in [2.24, 2.45) is 5.73 Å². The van der Waals surface area contributed by atoms with E-state index in [0.29, 0.717) is 24.7 Å². The number of hydrogen-bond donors (Lipinski definition) is 2. The average molecular weight is 393 g/mol. The van der Waals surface area contributed by atoms with E-state index in [4.69, 9.17) is 15.2 Å². The highest BCUT2D eigenvalue weighted by Crippen LogP contribution is 2.23. The summed E-state index contributed by atoms with van der Waals surface area (Å²) in [6, 6.07) is 14.6. The van der Waals surface area contributed by atoms with E-state index >= 15 is 0 Å². The Hall–Kier alpha value is -1.89. The molecular weight excluding hydrogens is 372 g/mol. The van der Waals surface area contributed by atoms with E-state index in [9.17, 15) is 4.79 Å². The van der Waals surface area contributed by atoms with Gasteiger partial charge in [-0.25, -0.2) is 0 Å². The zero-order valence-electron chi connectivity index (χ0n) is 13.7. The normalized spacial score (nSPS) is 13.2. The molecular formula is C18H21BrN2O3. The lowest BCUT2D eigenvalue weighted by Crippen LogP contribution is -2.45. The van der Waals surface area contributed by atoms with Crippen molar-refractivity contribution in [2.45, 2.75) is 12.5 Å². The molecule has 2 rings (SSSR count). The quantitative estimate of drug-likeness (QED) is 0.709. The topological polar surface area (TPSA) is 73.6 Å². The molecule has 1 amide bonds. The Morgan fingerprint density at radius 2 is 1.92 bits per heavy atom. The second kappa shape index (κ2) is 8.28. The highest BCUT2D eigenvalue weighted by atomic mass is 79.9. The van der Waals surface area contributed by atoms with Crippen LogP contribution in [0.25, 0.3) is 0 Å². The Bertz CT molecular complexity index is 687. The first-order chi connectivity index (χ1) is 11.4. The van der Waals surface area contributed by atoms with Gasteiger partial charge in [-0.15, -0.1) is 0 Å². The van der Waals surface area contributed by atoms with Gasteiger partial charge in [-0.1, -0.05) is 34.1 Å². The Kier molecular flexibility index (Phi) is 6.36. The minimum atomic E-state index is -1.15. The van der Waals surface area contributed by atoms with Gasteiger partial charge < -0.3 is 20.5 Å². The second-order valence-corrected chi connectivity index (χ2v) is 6.45. The zero-order chi connectivity index (χ0) is 17.6. The number of nitrogens with two attached hydrogens (primary N) is 1. The predicted molar refractivity (Wildman–Crippen MR) is 98.1 cm³/mol. The summed E-state index contributed by atoms with van der Waals surface area (Å²) in [7, 11) is 1.62. The largest absolute Gasteiger partial charge is 0.491 e. The molecule has 0 aromatic heterocycles. The van der Waals surface area contributed by atoms with Crippen LogP contribution in [0.5, 0.6) is 5.75 Å². The lowest BCUT2D eigenvalue weighted by Gasteiger charge is -2.24. The molecule has 0 spiro atoms. The van der Waals surface area contributed by atoms with Crippen LogP contribution in [0.1, 0.15) is 12.5 Å². The highest BCUT2D eigenvalue weighted by Gasteiger charge is 2.30. The molecule has 5 nitrogen and oxygen atoms in total. The number of amides is 1. The molecule has 0 fully saturated rings. The Balaban J connectivity index is 2.08. The Labute approximate surface area is 150 Å². The van der Waals surface area contributed by atoms with Crippen molar-refractivity contribution in [3.63, 3.8) is 0 Å². The van der Waals surface area contributed by atoms with Crippen molar-refractivity contribution in [2.75, 3.05) is 25.6 Å². The van der Waals surface area contributed by atoms with Gasteiger partial charge >= 0.3 is 0 Å². The maximum atomic E-state index is 12.6. The molecule has 0 aliphatic heterocycles. The summed E-state index contributed by atoms with van der Waals surface area (Å²) in [6.45, 7) is 2.63. The van der Waals surface area contributed by atoms with Gasteiger partial charge in [0.2, 0.25) is 5.91 Å². The second-order valence-electron chi connectivity index (χ2n) is 5.53. The lowest BCUT2D eigenvalue weighted by molar-refractivity contribution is -0.120. The number of carbonyl (C=O) groups is 1. The van der Waals surface area contributed by atoms with Gasteiger partial charge in [0, 0.05) is 23.3 Å². The number of halogens is 1. The van der Waals surface area contributed by atoms with Crippen LogP contribution in [-0.4, -0.2) is 26.2 Å². The molecule has 0 heterocycles. The van der Waals surface area contributed by atoms with Crippen molar-refractivity contribution in [1.82, 2.24) is 0 Å². The van der Waals surface area contributed by atoms with Crippen LogP contribution in [0.2, 0.25) is 0 Å². The Morgan fingerprint density at radius 1 is 1.21 bits per heavy atom. The number of anilines is 1. The summed E-state index contributed by atoms with van der Waals surface area (Å²) < 4.78 is 11.4. The lowest BCUT2D eigenvalue weighted by atomic mass is 9.92. The van der Waals surface area contributed by atoms with Gasteiger partial charge in [-0.3, -0.25) is 4.79 Å². The molecule has 0 saturated heterocycles. The number of methoxy groups -OCH3 is 1. The third-order valence-electron chi connectivity index (χ3n) is 3.56. The van der Waals surface area contributed by atoms with Gasteiger partial charge in [-0.05, 0) is 36.8 Å². The summed E-state index contributed by atoms with van der Waals surface area (Å²) in [5.74, 6) is 0.367. The van der Waals surface area contributed by atoms with Crippen LogP contribution >= 0.6 is 15.9 Å². The van der Waals surface area contributed by atoms with Crippen LogP contribution in [0.3, 0.4) is 0 Å². The number of hydrogen-bond acceptors (Lipinski definition) is 4. The number of benzene rings is 2. The van der Waals surface area contributed by atoms with E-state index in [-0.39, 0.29) is 5.91 Å². The molecule has 128 valence electrons. The summed E-state index contributed by atoms with van der Waals surface area (Å²) in [6.07, 6.45) is 0. The molecule has 0 saturated carbocycles. The van der Waals surface area contributed by atoms with E-state index < -0.39 is 5.54 Å². The summed E-state index contributed by atoms with van der Waals surface area (Å²) >= 11 is 3.37. The van der Waals surface area contributed by atoms with Crippen LogP contribution in [-0.2, 0) is 15.1 Å². The van der Waals surface area contributed by atoms with E-state index in [1.807, 2.05) is 36.4 Å². The third-order valence-corrected chi connectivity index (χ3v) is 4.09. The first kappa shape index (κ1) is 18.4. The van der Waals surface area contributed by atoms with E-state index in [1.54, 1.807) is 26.2 Å². The monoisotopic (exact) mass is 392 g/mol. The van der Waals surface area contributed by atoms with E-state index in [0.717, 1.165) is 10.0 Å². The third kappa shape index (κ3) is 4.80. The summed E-state index contributed by atoms with van der Waals surface area (Å²) in [5.41, 5.74) is 6.46. The van der Waals surface area contributed by atoms with E-state index in [1.165, 1.54) is 0 Å². The number of nitrogens with one attached hydrogen (secondary N) is 1. The highest BCUT2D eigenvalue weighted by molar-refractivity contribution is 9.10. The molecule has 1 atom stereocenters. The zero-order valence-corrected chi connectivity index (χ0v) is 15.3. The fourth-order valence-corrected chi connectivity index (χ4v) is 2.36. The van der Waals surface area contributed by atoms with E-state index in [2.05, 4.69) is 21.2 Å². The smallest absolute Gasteiger partial charge is 0.248 e. The molecule has 0 aliphatic carbocycles. The maximum Gasteiger partial charge on any atom is 0.248 e. The van der Waals surface area contributed by atoms with Crippen LogP contribution in [0.4, 0.5) is 5.69 Å². The van der Waals surface area contributed by atoms with Crippen molar-refractivity contribution in [3.8, 4) is 5.75 Å². The SMILES string of the molecule is COCCOc1cccc(NC(=O)C(C)(N)c2ccc(Br)cc2)c1. The van der Waals surface area contributed by atoms with Crippen molar-refractivity contribution in [1.29, 1.82) is 0 Å². The molecule has 6 heteroatoms. The van der Waals surface area contributed by atoms with Crippen molar-refractivity contribution >= 4 is 27.5 Å². The van der Waals surface area contributed by atoms with Gasteiger partial charge in [0.05, 0.1) is 6.61 Å². The molecule has 1 unspecified atom stereocenters. The van der Waals surface area contributed by atoms with Gasteiger partial charge in [0.25, 0.3) is 0 Å². The number of carbonyl (C=O) groups excluding carboxylic acids is 1. The molecule has 2 aromatic rings. The fourth-order valence-electron chi connectivity index (χ4n) is 2.09. The van der Waals surface area contributed by atoms with Crippen LogP contribution < -0.4 is 15.8 Å². The van der Waals surface area contributed by atoms with Crippen LogP contribution in [0, 0.1) is 0 Å². The molecule has 24 heavy (non-hydrogen) atoms.